The quantitative estimate of drug-likeness (QED) is 0.134. The van der Waals surface area contributed by atoms with Crippen LogP contribution in [0.5, 0.6) is 0 Å². The number of pyridine rings is 1. The van der Waals surface area contributed by atoms with Crippen LogP contribution in [-0.4, -0.2) is 37.3 Å². The van der Waals surface area contributed by atoms with E-state index in [1.54, 1.807) is 0 Å². The number of carbonyl (C=O) groups excluding carboxylic acids is 2. The topological polar surface area (TPSA) is 123 Å². The molecule has 3 atom stereocenters. The van der Waals surface area contributed by atoms with Crippen molar-refractivity contribution in [2.24, 2.45) is 11.7 Å². The lowest BCUT2D eigenvalue weighted by Crippen LogP contribution is -2.35. The summed E-state index contributed by atoms with van der Waals surface area (Å²) in [6, 6.07) is 7.42. The summed E-state index contributed by atoms with van der Waals surface area (Å²) in [4.78, 5) is 30.4. The summed E-state index contributed by atoms with van der Waals surface area (Å²) in [5, 5.41) is 17.0. The van der Waals surface area contributed by atoms with Gasteiger partial charge in [-0.15, -0.1) is 0 Å². The molecule has 2 aromatic carbocycles. The summed E-state index contributed by atoms with van der Waals surface area (Å²) in [5.74, 6) is -5.52. The first-order chi connectivity index (χ1) is 25.4. The minimum atomic E-state index is -5.08. The summed E-state index contributed by atoms with van der Waals surface area (Å²) in [6.07, 6.45) is -2.41. The zero-order chi connectivity index (χ0) is 38.7. The van der Waals surface area contributed by atoms with Crippen molar-refractivity contribution in [3.63, 3.8) is 0 Å². The SMILES string of the molecule is NC(=O)c1cc(-c2ccc(C#CC3(O)CCCCC3)nc2[C@H](Cc2cc(F)cc(F)c2)NC(=O)Cn2nc(C(F)(F)F)c3c2C(F)(F)[C@@H]2C[C@H]32)ccc1F. The first-order valence-corrected chi connectivity index (χ1v) is 17.1. The molecular weight excluding hydrogens is 726 g/mol. The number of amides is 2. The first kappa shape index (κ1) is 37.0. The molecule has 4 N–H and O–H groups in total. The molecule has 2 amide bonds. The van der Waals surface area contributed by atoms with Crippen molar-refractivity contribution in [2.75, 3.05) is 0 Å². The molecule has 0 saturated heterocycles. The zero-order valence-corrected chi connectivity index (χ0v) is 28.2. The number of halogens is 8. The summed E-state index contributed by atoms with van der Waals surface area (Å²) in [7, 11) is 0. The number of alkyl halides is 5. The van der Waals surface area contributed by atoms with E-state index in [1.807, 2.05) is 0 Å². The Bertz CT molecular complexity index is 2220. The van der Waals surface area contributed by atoms with Crippen molar-refractivity contribution in [2.45, 2.75) is 81.2 Å². The number of nitrogens with one attached hydrogen (secondary N) is 1. The van der Waals surface area contributed by atoms with Crippen LogP contribution in [0, 0.1) is 35.2 Å². The molecular formula is C38H31F8N5O3. The molecule has 3 aliphatic rings. The Morgan fingerprint density at radius 2 is 1.72 bits per heavy atom. The zero-order valence-electron chi connectivity index (χ0n) is 28.2. The van der Waals surface area contributed by atoms with Crippen LogP contribution in [-0.2, 0) is 29.9 Å². The fraction of sp³-hybridized carbons (Fsp3) is 0.368. The van der Waals surface area contributed by atoms with E-state index >= 15 is 8.78 Å². The van der Waals surface area contributed by atoms with Gasteiger partial charge in [-0.25, -0.2) is 18.2 Å². The van der Waals surface area contributed by atoms with Crippen molar-refractivity contribution in [3.05, 3.63) is 105 Å². The second kappa shape index (κ2) is 13.5. The smallest absolute Gasteiger partial charge is 0.378 e. The maximum Gasteiger partial charge on any atom is 0.435 e. The lowest BCUT2D eigenvalue weighted by atomic mass is 9.85. The summed E-state index contributed by atoms with van der Waals surface area (Å²) in [5.41, 5.74) is 0.711. The fourth-order valence-electron chi connectivity index (χ4n) is 7.53. The van der Waals surface area contributed by atoms with E-state index in [0.717, 1.165) is 43.5 Å². The molecule has 282 valence electrons. The van der Waals surface area contributed by atoms with Crippen LogP contribution in [0.3, 0.4) is 0 Å². The first-order valence-electron chi connectivity index (χ1n) is 17.1. The highest BCUT2D eigenvalue weighted by molar-refractivity contribution is 5.94. The number of carbonyl (C=O) groups is 2. The number of aromatic nitrogens is 3. The molecule has 16 heteroatoms. The summed E-state index contributed by atoms with van der Waals surface area (Å²) in [6.45, 7) is -1.09. The maximum atomic E-state index is 15.3. The van der Waals surface area contributed by atoms with Crippen molar-refractivity contribution in [3.8, 4) is 23.0 Å². The third-order valence-corrected chi connectivity index (χ3v) is 10.1. The highest BCUT2D eigenvalue weighted by Crippen LogP contribution is 2.68. The van der Waals surface area contributed by atoms with Crippen molar-refractivity contribution in [1.29, 1.82) is 0 Å². The van der Waals surface area contributed by atoms with Crippen LogP contribution in [0.2, 0.25) is 0 Å². The van der Waals surface area contributed by atoms with Gasteiger partial charge in [0.25, 0.3) is 11.8 Å². The second-order valence-corrected chi connectivity index (χ2v) is 14.0. The lowest BCUT2D eigenvalue weighted by molar-refractivity contribution is -0.142. The number of fused-ring (bicyclic) bond motifs is 3. The average Bonchev–Trinajstić information content (AvgIpc) is 3.75. The molecule has 0 bridgehead atoms. The van der Waals surface area contributed by atoms with Crippen molar-refractivity contribution >= 4 is 11.8 Å². The van der Waals surface area contributed by atoms with Gasteiger partial charge in [0, 0.05) is 23.1 Å². The van der Waals surface area contributed by atoms with Gasteiger partial charge in [0.05, 0.1) is 17.3 Å². The minimum Gasteiger partial charge on any atom is -0.378 e. The number of nitrogens with zero attached hydrogens (tertiary/aromatic N) is 3. The molecule has 4 aromatic rings. The molecule has 54 heavy (non-hydrogen) atoms. The highest BCUT2D eigenvalue weighted by Gasteiger charge is 2.68. The van der Waals surface area contributed by atoms with Crippen LogP contribution < -0.4 is 11.1 Å². The van der Waals surface area contributed by atoms with Crippen LogP contribution >= 0.6 is 0 Å². The number of primary amides is 1. The summed E-state index contributed by atoms with van der Waals surface area (Å²) < 4.78 is 116. The Hall–Kier alpha value is -5.30. The van der Waals surface area contributed by atoms with Gasteiger partial charge in [0.1, 0.15) is 41.0 Å². The molecule has 2 heterocycles. The van der Waals surface area contributed by atoms with Crippen LogP contribution in [0.1, 0.15) is 94.7 Å². The number of hydrogen-bond acceptors (Lipinski definition) is 5. The number of aliphatic hydroxyl groups is 1. The Labute approximate surface area is 302 Å². The normalized spacial score (nSPS) is 19.9. The van der Waals surface area contributed by atoms with Gasteiger partial charge >= 0.3 is 6.18 Å². The van der Waals surface area contributed by atoms with E-state index in [-0.39, 0.29) is 34.5 Å². The average molecular weight is 758 g/mol. The molecule has 2 saturated carbocycles. The van der Waals surface area contributed by atoms with E-state index in [2.05, 4.69) is 27.2 Å². The largest absolute Gasteiger partial charge is 0.435 e. The van der Waals surface area contributed by atoms with Gasteiger partial charge in [0.15, 0.2) is 5.69 Å². The molecule has 2 fully saturated rings. The van der Waals surface area contributed by atoms with E-state index in [0.29, 0.717) is 23.6 Å². The lowest BCUT2D eigenvalue weighted by Gasteiger charge is -2.26. The van der Waals surface area contributed by atoms with Gasteiger partial charge < -0.3 is 16.2 Å². The van der Waals surface area contributed by atoms with Crippen molar-refractivity contribution in [1.82, 2.24) is 20.1 Å². The molecule has 2 aromatic heterocycles. The standard InChI is InChI=1S/C38H31F8N5O3/c39-21-12-19(13-22(40)16-21)14-29(49-30(52)18-51-34-31(33(50-51)38(44,45)46)25-17-27(25)37(34,42)43)32-24(20-4-7-28(41)26(15-20)35(47)53)6-5-23(48-32)8-11-36(54)9-2-1-3-10-36/h4-7,12-13,15-16,25,27,29,54H,1-3,9-10,14,17-18H2,(H2,47,53)(H,49,52)/t25-,27+,29-/m0/s1. The van der Waals surface area contributed by atoms with E-state index in [9.17, 15) is 41.0 Å². The van der Waals surface area contributed by atoms with Crippen LogP contribution in [0.15, 0.2) is 48.5 Å². The number of benzene rings is 2. The monoisotopic (exact) mass is 757 g/mol. The van der Waals surface area contributed by atoms with Gasteiger partial charge in [-0.3, -0.25) is 14.3 Å². The number of rotatable bonds is 8. The molecule has 0 spiro atoms. The van der Waals surface area contributed by atoms with E-state index in [4.69, 9.17) is 5.73 Å². The van der Waals surface area contributed by atoms with Gasteiger partial charge in [0.2, 0.25) is 5.91 Å². The Kier molecular flexibility index (Phi) is 9.28. The molecule has 8 nitrogen and oxygen atoms in total. The fourth-order valence-corrected chi connectivity index (χ4v) is 7.53. The molecule has 3 aliphatic carbocycles. The molecule has 0 radical (unpaired) electrons. The molecule has 7 rings (SSSR count). The predicted molar refractivity (Wildman–Crippen MR) is 176 cm³/mol. The van der Waals surface area contributed by atoms with Gasteiger partial charge in [-0.2, -0.15) is 27.1 Å². The Morgan fingerprint density at radius 3 is 2.39 bits per heavy atom. The van der Waals surface area contributed by atoms with Gasteiger partial charge in [-0.1, -0.05) is 18.4 Å². The van der Waals surface area contributed by atoms with Gasteiger partial charge in [-0.05, 0) is 97.9 Å². The number of hydrogen-bond donors (Lipinski definition) is 3. The predicted octanol–water partition coefficient (Wildman–Crippen LogP) is 6.84. The summed E-state index contributed by atoms with van der Waals surface area (Å²) >= 11 is 0. The molecule has 0 unspecified atom stereocenters. The third-order valence-electron chi connectivity index (χ3n) is 10.1. The minimum absolute atomic E-state index is 0.0126. The van der Waals surface area contributed by atoms with Crippen LogP contribution in [0.25, 0.3) is 11.1 Å². The second-order valence-electron chi connectivity index (χ2n) is 14.0. The molecule has 0 aliphatic heterocycles. The van der Waals surface area contributed by atoms with E-state index in [1.165, 1.54) is 18.2 Å². The van der Waals surface area contributed by atoms with E-state index < -0.39 is 100 Å². The number of nitrogens with two attached hydrogens (primary N) is 1. The van der Waals surface area contributed by atoms with Crippen LogP contribution in [0.4, 0.5) is 35.1 Å². The Balaban J connectivity index is 1.33. The highest BCUT2D eigenvalue weighted by atomic mass is 19.4. The maximum absolute atomic E-state index is 15.3. The Morgan fingerprint density at radius 1 is 1.02 bits per heavy atom. The third kappa shape index (κ3) is 7.16. The van der Waals surface area contributed by atoms with Crippen molar-refractivity contribution < 1.29 is 49.8 Å².